The molecule has 100 valence electrons. The first-order valence-electron chi connectivity index (χ1n) is 5.94. The van der Waals surface area contributed by atoms with E-state index in [2.05, 4.69) is 5.32 Å². The van der Waals surface area contributed by atoms with E-state index in [1.165, 1.54) is 0 Å². The standard InChI is InChI=1S/C13H19NO4/c1-7(2)11-6-10(9(4)18-11)13(17)14-8(3)5-12(15)16/h6-8H,5H2,1-4H3,(H,14,17)(H,15,16). The molecular formula is C13H19NO4. The summed E-state index contributed by atoms with van der Waals surface area (Å²) in [5, 5.41) is 11.3. The molecule has 0 spiro atoms. The summed E-state index contributed by atoms with van der Waals surface area (Å²) < 4.78 is 5.48. The van der Waals surface area contributed by atoms with Crippen LogP contribution in [0.4, 0.5) is 0 Å². The summed E-state index contributed by atoms with van der Waals surface area (Å²) in [6, 6.07) is 1.30. The number of aryl methyl sites for hydroxylation is 1. The molecule has 5 nitrogen and oxygen atoms in total. The quantitative estimate of drug-likeness (QED) is 0.843. The van der Waals surface area contributed by atoms with Crippen LogP contribution in [-0.2, 0) is 4.79 Å². The number of hydrogen-bond acceptors (Lipinski definition) is 3. The lowest BCUT2D eigenvalue weighted by Gasteiger charge is -2.10. The Kier molecular flexibility index (Phi) is 4.53. The molecule has 1 aromatic rings. The second-order valence-corrected chi connectivity index (χ2v) is 4.75. The zero-order chi connectivity index (χ0) is 13.9. The van der Waals surface area contributed by atoms with Crippen LogP contribution in [0.3, 0.4) is 0 Å². The van der Waals surface area contributed by atoms with Gasteiger partial charge >= 0.3 is 5.97 Å². The lowest BCUT2D eigenvalue weighted by Crippen LogP contribution is -2.34. The molecule has 1 atom stereocenters. The van der Waals surface area contributed by atoms with Crippen molar-refractivity contribution in [3.05, 3.63) is 23.2 Å². The fourth-order valence-corrected chi connectivity index (χ4v) is 1.63. The first kappa shape index (κ1) is 14.3. The average Bonchev–Trinajstić information content (AvgIpc) is 2.58. The van der Waals surface area contributed by atoms with Crippen molar-refractivity contribution in [3.8, 4) is 0 Å². The SMILES string of the molecule is Cc1oc(C(C)C)cc1C(=O)NC(C)CC(=O)O. The molecule has 5 heteroatoms. The zero-order valence-electron chi connectivity index (χ0n) is 11.1. The van der Waals surface area contributed by atoms with Crippen molar-refractivity contribution in [1.82, 2.24) is 5.32 Å². The second-order valence-electron chi connectivity index (χ2n) is 4.75. The summed E-state index contributed by atoms with van der Waals surface area (Å²) in [7, 11) is 0. The molecule has 1 heterocycles. The lowest BCUT2D eigenvalue weighted by atomic mass is 10.1. The minimum absolute atomic E-state index is 0.0975. The van der Waals surface area contributed by atoms with E-state index >= 15 is 0 Å². The highest BCUT2D eigenvalue weighted by Crippen LogP contribution is 2.21. The van der Waals surface area contributed by atoms with E-state index in [0.29, 0.717) is 11.3 Å². The topological polar surface area (TPSA) is 79.5 Å². The van der Waals surface area contributed by atoms with E-state index in [9.17, 15) is 9.59 Å². The van der Waals surface area contributed by atoms with Gasteiger partial charge in [-0.15, -0.1) is 0 Å². The summed E-state index contributed by atoms with van der Waals surface area (Å²) in [6.07, 6.45) is -0.0975. The molecule has 0 fully saturated rings. The Labute approximate surface area is 106 Å². The highest BCUT2D eigenvalue weighted by molar-refractivity contribution is 5.95. The van der Waals surface area contributed by atoms with Crippen LogP contribution in [0.15, 0.2) is 10.5 Å². The van der Waals surface area contributed by atoms with Gasteiger partial charge in [0.25, 0.3) is 5.91 Å². The van der Waals surface area contributed by atoms with E-state index in [0.717, 1.165) is 5.76 Å². The van der Waals surface area contributed by atoms with E-state index in [1.807, 2.05) is 13.8 Å². The Hall–Kier alpha value is -1.78. The highest BCUT2D eigenvalue weighted by Gasteiger charge is 2.18. The van der Waals surface area contributed by atoms with Crippen LogP contribution in [0.1, 0.15) is 55.0 Å². The number of rotatable bonds is 5. The van der Waals surface area contributed by atoms with Gasteiger partial charge < -0.3 is 14.8 Å². The van der Waals surface area contributed by atoms with Gasteiger partial charge in [-0.05, 0) is 19.9 Å². The van der Waals surface area contributed by atoms with Gasteiger partial charge in [0.05, 0.1) is 12.0 Å². The third-order valence-electron chi connectivity index (χ3n) is 2.61. The number of nitrogens with one attached hydrogen (secondary N) is 1. The monoisotopic (exact) mass is 253 g/mol. The first-order valence-corrected chi connectivity index (χ1v) is 5.94. The summed E-state index contributed by atoms with van der Waals surface area (Å²) in [5.74, 6) is 0.287. The van der Waals surface area contributed by atoms with E-state index in [1.54, 1.807) is 19.9 Å². The predicted octanol–water partition coefficient (Wildman–Crippen LogP) is 2.30. The number of hydrogen-bond donors (Lipinski definition) is 2. The predicted molar refractivity (Wildman–Crippen MR) is 66.7 cm³/mol. The summed E-state index contributed by atoms with van der Waals surface area (Å²) in [4.78, 5) is 22.4. The van der Waals surface area contributed by atoms with Crippen molar-refractivity contribution in [2.45, 2.75) is 46.1 Å². The Balaban J connectivity index is 2.75. The molecule has 1 unspecified atom stereocenters. The maximum Gasteiger partial charge on any atom is 0.305 e. The number of furan rings is 1. The van der Waals surface area contributed by atoms with Crippen LogP contribution in [-0.4, -0.2) is 23.0 Å². The molecule has 1 rings (SSSR count). The molecule has 2 N–H and O–H groups in total. The molecule has 1 amide bonds. The Morgan fingerprint density at radius 3 is 2.44 bits per heavy atom. The van der Waals surface area contributed by atoms with Crippen LogP contribution >= 0.6 is 0 Å². The molecule has 0 aliphatic rings. The highest BCUT2D eigenvalue weighted by atomic mass is 16.4. The number of carbonyl (C=O) groups is 2. The van der Waals surface area contributed by atoms with Gasteiger partial charge in [-0.2, -0.15) is 0 Å². The third kappa shape index (κ3) is 3.61. The average molecular weight is 253 g/mol. The fourth-order valence-electron chi connectivity index (χ4n) is 1.63. The summed E-state index contributed by atoms with van der Waals surface area (Å²) in [6.45, 7) is 7.34. The summed E-state index contributed by atoms with van der Waals surface area (Å²) >= 11 is 0. The van der Waals surface area contributed by atoms with Gasteiger partial charge in [-0.1, -0.05) is 13.8 Å². The van der Waals surface area contributed by atoms with Gasteiger partial charge in [-0.25, -0.2) is 0 Å². The lowest BCUT2D eigenvalue weighted by molar-refractivity contribution is -0.137. The van der Waals surface area contributed by atoms with Crippen molar-refractivity contribution in [3.63, 3.8) is 0 Å². The minimum atomic E-state index is -0.936. The van der Waals surface area contributed by atoms with Crippen LogP contribution in [0.5, 0.6) is 0 Å². The smallest absolute Gasteiger partial charge is 0.305 e. The number of carboxylic acid groups (broad SMARTS) is 1. The summed E-state index contributed by atoms with van der Waals surface area (Å²) in [5.41, 5.74) is 0.468. The Morgan fingerprint density at radius 1 is 1.39 bits per heavy atom. The van der Waals surface area contributed by atoms with Crippen molar-refractivity contribution in [2.24, 2.45) is 0 Å². The minimum Gasteiger partial charge on any atom is -0.481 e. The zero-order valence-corrected chi connectivity index (χ0v) is 11.1. The number of aliphatic carboxylic acids is 1. The van der Waals surface area contributed by atoms with Crippen LogP contribution in [0.25, 0.3) is 0 Å². The molecule has 0 saturated heterocycles. The Bertz CT molecular complexity index is 448. The van der Waals surface area contributed by atoms with Crippen molar-refractivity contribution in [1.29, 1.82) is 0 Å². The van der Waals surface area contributed by atoms with Crippen LogP contribution < -0.4 is 5.32 Å². The van der Waals surface area contributed by atoms with Gasteiger partial charge in [0.15, 0.2) is 0 Å². The van der Waals surface area contributed by atoms with E-state index in [4.69, 9.17) is 9.52 Å². The fraction of sp³-hybridized carbons (Fsp3) is 0.538. The van der Waals surface area contributed by atoms with Gasteiger partial charge in [0, 0.05) is 12.0 Å². The molecule has 0 aliphatic carbocycles. The van der Waals surface area contributed by atoms with Crippen molar-refractivity contribution >= 4 is 11.9 Å². The van der Waals surface area contributed by atoms with Gasteiger partial charge in [0.2, 0.25) is 0 Å². The Morgan fingerprint density at radius 2 is 2.00 bits per heavy atom. The van der Waals surface area contributed by atoms with E-state index in [-0.39, 0.29) is 18.2 Å². The largest absolute Gasteiger partial charge is 0.481 e. The molecule has 1 aromatic heterocycles. The molecule has 0 bridgehead atoms. The third-order valence-corrected chi connectivity index (χ3v) is 2.61. The second kappa shape index (κ2) is 5.71. The molecular weight excluding hydrogens is 234 g/mol. The maximum atomic E-state index is 11.9. The maximum absolute atomic E-state index is 11.9. The van der Waals surface area contributed by atoms with Gasteiger partial charge in [0.1, 0.15) is 11.5 Å². The van der Waals surface area contributed by atoms with Crippen molar-refractivity contribution < 1.29 is 19.1 Å². The molecule has 18 heavy (non-hydrogen) atoms. The normalized spacial score (nSPS) is 12.5. The van der Waals surface area contributed by atoms with E-state index < -0.39 is 12.0 Å². The number of carboxylic acids is 1. The molecule has 0 aromatic carbocycles. The number of amides is 1. The molecule has 0 radical (unpaired) electrons. The van der Waals surface area contributed by atoms with Crippen molar-refractivity contribution in [2.75, 3.05) is 0 Å². The number of carbonyl (C=O) groups excluding carboxylic acids is 1. The van der Waals surface area contributed by atoms with Crippen LogP contribution in [0, 0.1) is 6.92 Å². The molecule has 0 aliphatic heterocycles. The first-order chi connectivity index (χ1) is 8.31. The van der Waals surface area contributed by atoms with Crippen LogP contribution in [0.2, 0.25) is 0 Å². The molecule has 0 saturated carbocycles. The van der Waals surface area contributed by atoms with Gasteiger partial charge in [-0.3, -0.25) is 9.59 Å².